The van der Waals surface area contributed by atoms with Crippen molar-refractivity contribution in [3.05, 3.63) is 30.1 Å². The second kappa shape index (κ2) is 6.15. The highest BCUT2D eigenvalue weighted by molar-refractivity contribution is 5.76. The molecule has 1 atom stereocenters. The highest BCUT2D eigenvalue weighted by Crippen LogP contribution is 2.21. The predicted molar refractivity (Wildman–Crippen MR) is 75.9 cm³/mol. The Balaban J connectivity index is 1.82. The van der Waals surface area contributed by atoms with E-state index in [1.165, 1.54) is 12.0 Å². The van der Waals surface area contributed by atoms with Crippen LogP contribution in [0.25, 0.3) is 0 Å². The first-order chi connectivity index (χ1) is 9.08. The van der Waals surface area contributed by atoms with Crippen LogP contribution >= 0.6 is 0 Å². The molecule has 1 saturated heterocycles. The van der Waals surface area contributed by atoms with Gasteiger partial charge < -0.3 is 10.6 Å². The van der Waals surface area contributed by atoms with Gasteiger partial charge in [-0.3, -0.25) is 9.78 Å². The molecule has 1 aromatic heterocycles. The van der Waals surface area contributed by atoms with E-state index in [1.54, 1.807) is 12.4 Å². The van der Waals surface area contributed by atoms with Crippen LogP contribution in [0.15, 0.2) is 24.5 Å². The molecule has 2 N–H and O–H groups in total. The van der Waals surface area contributed by atoms with Crippen molar-refractivity contribution in [2.45, 2.75) is 44.6 Å². The van der Waals surface area contributed by atoms with Crippen molar-refractivity contribution in [2.75, 3.05) is 13.1 Å². The summed E-state index contributed by atoms with van der Waals surface area (Å²) in [6.45, 7) is 5.97. The molecule has 0 bridgehead atoms. The number of carbonyl (C=O) groups excluding carboxylic acids is 1. The Morgan fingerprint density at radius 2 is 2.21 bits per heavy atom. The van der Waals surface area contributed by atoms with Gasteiger partial charge in [-0.2, -0.15) is 0 Å². The van der Waals surface area contributed by atoms with Crippen LogP contribution in [0.3, 0.4) is 0 Å². The summed E-state index contributed by atoms with van der Waals surface area (Å²) in [5, 5.41) is 6.40. The van der Waals surface area contributed by atoms with E-state index in [-0.39, 0.29) is 11.3 Å². The summed E-state index contributed by atoms with van der Waals surface area (Å²) in [5.41, 5.74) is 1.13. The van der Waals surface area contributed by atoms with Gasteiger partial charge in [0.1, 0.15) is 0 Å². The molecule has 1 aromatic rings. The average molecular weight is 261 g/mol. The van der Waals surface area contributed by atoms with E-state index in [2.05, 4.69) is 29.5 Å². The lowest BCUT2D eigenvalue weighted by molar-refractivity contribution is -0.121. The Morgan fingerprint density at radius 1 is 1.47 bits per heavy atom. The normalized spacial score (nSPS) is 19.4. The molecule has 4 heteroatoms. The van der Waals surface area contributed by atoms with Crippen molar-refractivity contribution in [1.82, 2.24) is 15.6 Å². The monoisotopic (exact) mass is 261 g/mol. The Labute approximate surface area is 115 Å². The molecule has 1 unspecified atom stereocenters. The highest BCUT2D eigenvalue weighted by Gasteiger charge is 2.23. The van der Waals surface area contributed by atoms with Crippen LogP contribution in [-0.4, -0.2) is 30.0 Å². The number of nitrogens with one attached hydrogen (secondary N) is 2. The lowest BCUT2D eigenvalue weighted by atomic mass is 9.85. The van der Waals surface area contributed by atoms with Crippen LogP contribution < -0.4 is 10.6 Å². The van der Waals surface area contributed by atoms with Crippen molar-refractivity contribution < 1.29 is 4.79 Å². The van der Waals surface area contributed by atoms with Gasteiger partial charge in [0.05, 0.1) is 0 Å². The summed E-state index contributed by atoms with van der Waals surface area (Å²) in [6.07, 6.45) is 6.47. The second-order valence-corrected chi connectivity index (χ2v) is 5.89. The minimum Gasteiger partial charge on any atom is -0.355 e. The fraction of sp³-hybridized carbons (Fsp3) is 0.600. The van der Waals surface area contributed by atoms with Gasteiger partial charge in [0.15, 0.2) is 0 Å². The Morgan fingerprint density at radius 3 is 2.84 bits per heavy atom. The Hall–Kier alpha value is -1.42. The highest BCUT2D eigenvalue weighted by atomic mass is 16.1. The summed E-state index contributed by atoms with van der Waals surface area (Å²) >= 11 is 0. The summed E-state index contributed by atoms with van der Waals surface area (Å²) in [5.74, 6) is 0.140. The maximum absolute atomic E-state index is 11.9. The average Bonchev–Trinajstić information content (AvgIpc) is 2.90. The van der Waals surface area contributed by atoms with Crippen molar-refractivity contribution in [3.63, 3.8) is 0 Å². The zero-order valence-electron chi connectivity index (χ0n) is 11.8. The van der Waals surface area contributed by atoms with Crippen molar-refractivity contribution in [2.24, 2.45) is 0 Å². The molecule has 104 valence electrons. The minimum absolute atomic E-state index is 0.0678. The lowest BCUT2D eigenvalue weighted by Gasteiger charge is -2.25. The van der Waals surface area contributed by atoms with Crippen LogP contribution in [0.2, 0.25) is 0 Å². The smallest absolute Gasteiger partial charge is 0.221 e. The van der Waals surface area contributed by atoms with E-state index in [4.69, 9.17) is 0 Å². The number of hydrogen-bond donors (Lipinski definition) is 2. The summed E-state index contributed by atoms with van der Waals surface area (Å²) in [7, 11) is 0. The summed E-state index contributed by atoms with van der Waals surface area (Å²) in [4.78, 5) is 15.9. The number of pyridine rings is 1. The van der Waals surface area contributed by atoms with Gasteiger partial charge in [-0.15, -0.1) is 0 Å². The van der Waals surface area contributed by atoms with Crippen LogP contribution in [0.1, 0.15) is 38.7 Å². The Bertz CT molecular complexity index is 411. The molecule has 0 radical (unpaired) electrons. The number of hydrogen-bond acceptors (Lipinski definition) is 3. The third kappa shape index (κ3) is 4.03. The first kappa shape index (κ1) is 14.0. The van der Waals surface area contributed by atoms with Crippen molar-refractivity contribution in [3.8, 4) is 0 Å². The second-order valence-electron chi connectivity index (χ2n) is 5.89. The third-order valence-electron chi connectivity index (χ3n) is 3.78. The minimum atomic E-state index is -0.0678. The van der Waals surface area contributed by atoms with E-state index in [0.717, 1.165) is 13.0 Å². The fourth-order valence-electron chi connectivity index (χ4n) is 2.45. The van der Waals surface area contributed by atoms with Crippen LogP contribution in [0, 0.1) is 0 Å². The molecular weight excluding hydrogens is 238 g/mol. The Kier molecular flexibility index (Phi) is 4.53. The molecule has 0 saturated carbocycles. The topological polar surface area (TPSA) is 54.0 Å². The van der Waals surface area contributed by atoms with Crippen LogP contribution in [0.4, 0.5) is 0 Å². The molecule has 1 aliphatic heterocycles. The van der Waals surface area contributed by atoms with Crippen LogP contribution in [-0.2, 0) is 10.2 Å². The molecule has 1 aliphatic rings. The first-order valence-electron chi connectivity index (χ1n) is 6.98. The molecule has 4 nitrogen and oxygen atoms in total. The molecule has 2 heterocycles. The summed E-state index contributed by atoms with van der Waals surface area (Å²) in [6, 6.07) is 4.37. The van der Waals surface area contributed by atoms with Crippen molar-refractivity contribution >= 4 is 5.91 Å². The molecule has 19 heavy (non-hydrogen) atoms. The number of rotatable bonds is 5. The first-order valence-corrected chi connectivity index (χ1v) is 6.98. The van der Waals surface area contributed by atoms with E-state index in [9.17, 15) is 4.79 Å². The zero-order valence-corrected chi connectivity index (χ0v) is 11.8. The molecule has 1 fully saturated rings. The van der Waals surface area contributed by atoms with E-state index < -0.39 is 0 Å². The van der Waals surface area contributed by atoms with E-state index in [1.807, 2.05) is 12.1 Å². The fourth-order valence-corrected chi connectivity index (χ4v) is 2.45. The zero-order chi connectivity index (χ0) is 13.7. The van der Waals surface area contributed by atoms with Gasteiger partial charge in [0.2, 0.25) is 5.91 Å². The van der Waals surface area contributed by atoms with Gasteiger partial charge >= 0.3 is 0 Å². The number of aromatic nitrogens is 1. The molecule has 1 amide bonds. The quantitative estimate of drug-likeness (QED) is 0.847. The van der Waals surface area contributed by atoms with E-state index >= 15 is 0 Å². The molecule has 0 aliphatic carbocycles. The molecule has 0 aromatic carbocycles. The molecule has 2 rings (SSSR count). The number of carbonyl (C=O) groups is 1. The molecule has 0 spiro atoms. The van der Waals surface area contributed by atoms with Gasteiger partial charge in [0, 0.05) is 36.8 Å². The molecular formula is C15H23N3O. The summed E-state index contributed by atoms with van der Waals surface area (Å²) < 4.78 is 0. The largest absolute Gasteiger partial charge is 0.355 e. The van der Waals surface area contributed by atoms with Gasteiger partial charge in [0.25, 0.3) is 0 Å². The predicted octanol–water partition coefficient (Wildman–Crippen LogP) is 1.62. The number of nitrogens with zero attached hydrogens (tertiary/aromatic N) is 1. The SMILES string of the molecule is CC(C)(CNC(=O)CC1CCCN1)c1ccncc1. The van der Waals surface area contributed by atoms with Gasteiger partial charge in [-0.25, -0.2) is 0 Å². The van der Waals surface area contributed by atoms with Gasteiger partial charge in [-0.1, -0.05) is 13.8 Å². The number of amides is 1. The standard InChI is InChI=1S/C15H23N3O/c1-15(2,12-5-8-16-9-6-12)11-18-14(19)10-13-4-3-7-17-13/h5-6,8-9,13,17H,3-4,7,10-11H2,1-2H3,(H,18,19). The van der Waals surface area contributed by atoms with Crippen molar-refractivity contribution in [1.29, 1.82) is 0 Å². The van der Waals surface area contributed by atoms with Crippen LogP contribution in [0.5, 0.6) is 0 Å². The maximum atomic E-state index is 11.9. The third-order valence-corrected chi connectivity index (χ3v) is 3.78. The van der Waals surface area contributed by atoms with E-state index in [0.29, 0.717) is 19.0 Å². The lowest BCUT2D eigenvalue weighted by Crippen LogP contribution is -2.39. The van der Waals surface area contributed by atoms with Gasteiger partial charge in [-0.05, 0) is 37.1 Å². The maximum Gasteiger partial charge on any atom is 0.221 e.